The molecule has 0 aliphatic rings. The number of hydrogen-bond acceptors (Lipinski definition) is 4. The zero-order valence-corrected chi connectivity index (χ0v) is 13.6. The lowest BCUT2D eigenvalue weighted by molar-refractivity contribution is 0.331. The van der Waals surface area contributed by atoms with Crippen LogP contribution < -0.4 is 9.46 Å². The summed E-state index contributed by atoms with van der Waals surface area (Å²) in [6.07, 6.45) is 1.92. The van der Waals surface area contributed by atoms with Crippen LogP contribution in [0.25, 0.3) is 0 Å². The maximum Gasteiger partial charge on any atom is 0.244 e. The van der Waals surface area contributed by atoms with Crippen molar-refractivity contribution in [2.75, 3.05) is 25.2 Å². The van der Waals surface area contributed by atoms with Crippen molar-refractivity contribution in [1.82, 2.24) is 4.72 Å². The molecule has 0 saturated heterocycles. The van der Waals surface area contributed by atoms with E-state index in [9.17, 15) is 8.42 Å². The van der Waals surface area contributed by atoms with Gasteiger partial charge in [0.05, 0.1) is 6.61 Å². The summed E-state index contributed by atoms with van der Waals surface area (Å²) in [5, 5.41) is 0.411. The van der Waals surface area contributed by atoms with Crippen molar-refractivity contribution in [3.8, 4) is 5.75 Å². The minimum Gasteiger partial charge on any atom is -0.492 e. The third-order valence-electron chi connectivity index (χ3n) is 2.41. The summed E-state index contributed by atoms with van der Waals surface area (Å²) in [5.74, 6) is 1.05. The standard InChI is InChI=1S/C12H18ClNO3S2/c1-4-17-11-7-9(2)10(13)8-12(11)19(15,16)14-5-6-18-3/h7-8,14H,4-6H2,1-3H3. The molecule has 19 heavy (non-hydrogen) atoms. The Labute approximate surface area is 123 Å². The molecule has 0 fully saturated rings. The van der Waals surface area contributed by atoms with Gasteiger partial charge < -0.3 is 4.74 Å². The van der Waals surface area contributed by atoms with E-state index in [-0.39, 0.29) is 4.90 Å². The quantitative estimate of drug-likeness (QED) is 0.784. The van der Waals surface area contributed by atoms with E-state index in [2.05, 4.69) is 4.72 Å². The zero-order chi connectivity index (χ0) is 14.5. The van der Waals surface area contributed by atoms with Crippen LogP contribution in [0.15, 0.2) is 17.0 Å². The van der Waals surface area contributed by atoms with E-state index in [1.165, 1.54) is 6.07 Å². The summed E-state index contributed by atoms with van der Waals surface area (Å²) in [7, 11) is -3.60. The first-order valence-electron chi connectivity index (χ1n) is 5.84. The monoisotopic (exact) mass is 323 g/mol. The normalized spacial score (nSPS) is 11.6. The molecule has 0 atom stereocenters. The van der Waals surface area contributed by atoms with Crippen LogP contribution in [0.3, 0.4) is 0 Å². The number of ether oxygens (including phenoxy) is 1. The topological polar surface area (TPSA) is 55.4 Å². The van der Waals surface area contributed by atoms with E-state index in [0.29, 0.717) is 29.7 Å². The third kappa shape index (κ3) is 4.56. The molecule has 0 saturated carbocycles. The lowest BCUT2D eigenvalue weighted by Gasteiger charge is -2.13. The lowest BCUT2D eigenvalue weighted by atomic mass is 10.2. The molecular weight excluding hydrogens is 306 g/mol. The van der Waals surface area contributed by atoms with Gasteiger partial charge in [-0.1, -0.05) is 11.6 Å². The number of benzene rings is 1. The number of sulfonamides is 1. The van der Waals surface area contributed by atoms with Crippen LogP contribution in [-0.2, 0) is 10.0 Å². The number of aryl methyl sites for hydroxylation is 1. The van der Waals surface area contributed by atoms with E-state index >= 15 is 0 Å². The fourth-order valence-electron chi connectivity index (χ4n) is 1.47. The summed E-state index contributed by atoms with van der Waals surface area (Å²) >= 11 is 7.57. The van der Waals surface area contributed by atoms with E-state index in [0.717, 1.165) is 5.56 Å². The van der Waals surface area contributed by atoms with Crippen LogP contribution in [0.1, 0.15) is 12.5 Å². The molecule has 4 nitrogen and oxygen atoms in total. The zero-order valence-electron chi connectivity index (χ0n) is 11.2. The van der Waals surface area contributed by atoms with Crippen molar-refractivity contribution in [2.24, 2.45) is 0 Å². The Hall–Kier alpha value is -0.430. The van der Waals surface area contributed by atoms with Crippen LogP contribution in [0.4, 0.5) is 0 Å². The lowest BCUT2D eigenvalue weighted by Crippen LogP contribution is -2.26. The molecule has 1 N–H and O–H groups in total. The molecule has 0 aliphatic heterocycles. The first kappa shape index (κ1) is 16.6. The van der Waals surface area contributed by atoms with Crippen LogP contribution in [0, 0.1) is 6.92 Å². The molecule has 0 aromatic heterocycles. The molecule has 0 radical (unpaired) electrons. The van der Waals surface area contributed by atoms with Gasteiger partial charge in [-0.05, 0) is 37.8 Å². The van der Waals surface area contributed by atoms with E-state index in [1.807, 2.05) is 20.1 Å². The predicted octanol–water partition coefficient (Wildman–Crippen LogP) is 2.69. The Kier molecular flexibility index (Phi) is 6.46. The summed E-state index contributed by atoms with van der Waals surface area (Å²) in [4.78, 5) is 0.0889. The maximum atomic E-state index is 12.2. The van der Waals surface area contributed by atoms with Crippen molar-refractivity contribution in [1.29, 1.82) is 0 Å². The Morgan fingerprint density at radius 3 is 2.68 bits per heavy atom. The summed E-state index contributed by atoms with van der Waals surface area (Å²) in [6.45, 7) is 4.39. The molecule has 0 aliphatic carbocycles. The van der Waals surface area contributed by atoms with Gasteiger partial charge in [0.15, 0.2) is 0 Å². The van der Waals surface area contributed by atoms with Gasteiger partial charge in [0.2, 0.25) is 10.0 Å². The molecule has 1 aromatic rings. The Morgan fingerprint density at radius 2 is 2.11 bits per heavy atom. The van der Waals surface area contributed by atoms with Gasteiger partial charge in [0.25, 0.3) is 0 Å². The highest BCUT2D eigenvalue weighted by Crippen LogP contribution is 2.30. The minimum atomic E-state index is -3.60. The molecule has 7 heteroatoms. The fraction of sp³-hybridized carbons (Fsp3) is 0.500. The maximum absolute atomic E-state index is 12.2. The van der Waals surface area contributed by atoms with Crippen molar-refractivity contribution in [3.63, 3.8) is 0 Å². The van der Waals surface area contributed by atoms with Gasteiger partial charge in [-0.3, -0.25) is 0 Å². The average Bonchev–Trinajstić information content (AvgIpc) is 2.34. The van der Waals surface area contributed by atoms with Gasteiger partial charge in [-0.2, -0.15) is 11.8 Å². The van der Waals surface area contributed by atoms with Crippen molar-refractivity contribution in [3.05, 3.63) is 22.7 Å². The highest BCUT2D eigenvalue weighted by atomic mass is 35.5. The molecule has 108 valence electrons. The molecule has 0 heterocycles. The largest absolute Gasteiger partial charge is 0.492 e. The summed E-state index contributed by atoms with van der Waals surface area (Å²) in [5.41, 5.74) is 0.785. The first-order chi connectivity index (χ1) is 8.92. The number of nitrogens with one attached hydrogen (secondary N) is 1. The van der Waals surface area contributed by atoms with Crippen LogP contribution in [0.2, 0.25) is 5.02 Å². The molecule has 0 unspecified atom stereocenters. The third-order valence-corrected chi connectivity index (χ3v) is 4.91. The minimum absolute atomic E-state index is 0.0889. The smallest absolute Gasteiger partial charge is 0.244 e. The summed E-state index contributed by atoms with van der Waals surface area (Å²) in [6, 6.07) is 3.08. The van der Waals surface area contributed by atoms with Crippen molar-refractivity contribution < 1.29 is 13.2 Å². The number of halogens is 1. The van der Waals surface area contributed by atoms with E-state index < -0.39 is 10.0 Å². The second kappa shape index (κ2) is 7.38. The van der Waals surface area contributed by atoms with Gasteiger partial charge >= 0.3 is 0 Å². The van der Waals surface area contributed by atoms with Crippen molar-refractivity contribution >= 4 is 33.4 Å². The van der Waals surface area contributed by atoms with Crippen LogP contribution in [-0.4, -0.2) is 33.6 Å². The van der Waals surface area contributed by atoms with E-state index in [1.54, 1.807) is 17.8 Å². The number of hydrogen-bond donors (Lipinski definition) is 1. The average molecular weight is 324 g/mol. The number of rotatable bonds is 7. The molecule has 0 amide bonds. The van der Waals surface area contributed by atoms with Crippen LogP contribution >= 0.6 is 23.4 Å². The second-order valence-electron chi connectivity index (χ2n) is 3.87. The Bertz CT molecular complexity index is 532. The summed E-state index contributed by atoms with van der Waals surface area (Å²) < 4.78 is 32.3. The van der Waals surface area contributed by atoms with Gasteiger partial charge in [-0.25, -0.2) is 13.1 Å². The van der Waals surface area contributed by atoms with Gasteiger partial charge in [0.1, 0.15) is 10.6 Å². The molecule has 1 rings (SSSR count). The highest BCUT2D eigenvalue weighted by Gasteiger charge is 2.20. The predicted molar refractivity (Wildman–Crippen MR) is 80.9 cm³/mol. The number of thioether (sulfide) groups is 1. The second-order valence-corrected chi connectivity index (χ2v) is 7.00. The van der Waals surface area contributed by atoms with Crippen LogP contribution in [0.5, 0.6) is 5.75 Å². The van der Waals surface area contributed by atoms with Gasteiger partial charge in [-0.15, -0.1) is 0 Å². The SMILES string of the molecule is CCOc1cc(C)c(Cl)cc1S(=O)(=O)NCCSC. The Balaban J connectivity index is 3.12. The highest BCUT2D eigenvalue weighted by molar-refractivity contribution is 7.98. The molecule has 1 aromatic carbocycles. The first-order valence-corrected chi connectivity index (χ1v) is 9.09. The fourth-order valence-corrected chi connectivity index (χ4v) is 3.32. The van der Waals surface area contributed by atoms with E-state index in [4.69, 9.17) is 16.3 Å². The van der Waals surface area contributed by atoms with Crippen molar-refractivity contribution in [2.45, 2.75) is 18.7 Å². The Morgan fingerprint density at radius 1 is 1.42 bits per heavy atom. The molecule has 0 bridgehead atoms. The molecule has 0 spiro atoms. The van der Waals surface area contributed by atoms with Gasteiger partial charge in [0, 0.05) is 17.3 Å². The molecular formula is C12H18ClNO3S2.